The average Bonchev–Trinajstić information content (AvgIpc) is 2.39. The quantitative estimate of drug-likeness (QED) is 0.520. The molecule has 0 bridgehead atoms. The molecule has 2 nitrogen and oxygen atoms in total. The van der Waals surface area contributed by atoms with Crippen LogP contribution in [-0.4, -0.2) is 23.9 Å². The third kappa shape index (κ3) is 4.92. The number of ether oxygens (including phenoxy) is 1. The van der Waals surface area contributed by atoms with Crippen LogP contribution in [0, 0.1) is 5.41 Å². The van der Waals surface area contributed by atoms with E-state index in [-0.39, 0.29) is 11.7 Å². The maximum absolute atomic E-state index is 10.5. The molecule has 2 heteroatoms. The Balaban J connectivity index is 2.39. The number of hydrogen-bond acceptors (Lipinski definition) is 2. The van der Waals surface area contributed by atoms with Gasteiger partial charge < -0.3 is 9.84 Å². The predicted molar refractivity (Wildman–Crippen MR) is 81.3 cm³/mol. The molecule has 1 aliphatic carbocycles. The second-order valence-corrected chi connectivity index (χ2v) is 6.88. The van der Waals surface area contributed by atoms with Crippen LogP contribution in [0.4, 0.5) is 0 Å². The lowest BCUT2D eigenvalue weighted by Crippen LogP contribution is -2.48. The lowest BCUT2D eigenvalue weighted by molar-refractivity contribution is -0.138. The zero-order chi connectivity index (χ0) is 14.4. The van der Waals surface area contributed by atoms with Crippen LogP contribution in [-0.2, 0) is 4.74 Å². The molecule has 1 N–H and O–H groups in total. The Bertz CT molecular complexity index is 260. The minimum absolute atomic E-state index is 0.284. The van der Waals surface area contributed by atoms with Crippen molar-refractivity contribution in [2.24, 2.45) is 5.41 Å². The first-order valence-electron chi connectivity index (χ1n) is 7.80. The van der Waals surface area contributed by atoms with Crippen molar-refractivity contribution in [1.82, 2.24) is 0 Å². The molecular formula is C17H32O2. The summed E-state index contributed by atoms with van der Waals surface area (Å²) in [6.45, 7) is 8.36. The molecule has 0 heterocycles. The van der Waals surface area contributed by atoms with Gasteiger partial charge in [0, 0.05) is 7.11 Å². The summed E-state index contributed by atoms with van der Waals surface area (Å²) < 4.78 is 5.75. The van der Waals surface area contributed by atoms with Gasteiger partial charge in [0.05, 0.1) is 11.7 Å². The molecular weight excluding hydrogens is 236 g/mol. The highest BCUT2D eigenvalue weighted by Crippen LogP contribution is 2.44. The molecule has 1 saturated carbocycles. The van der Waals surface area contributed by atoms with Gasteiger partial charge in [-0.3, -0.25) is 0 Å². The van der Waals surface area contributed by atoms with Crippen LogP contribution in [0.25, 0.3) is 0 Å². The van der Waals surface area contributed by atoms with Gasteiger partial charge >= 0.3 is 0 Å². The van der Waals surface area contributed by atoms with Crippen molar-refractivity contribution in [3.63, 3.8) is 0 Å². The van der Waals surface area contributed by atoms with Crippen LogP contribution in [0.1, 0.15) is 71.6 Å². The molecule has 0 radical (unpaired) electrons. The lowest BCUT2D eigenvalue weighted by Gasteiger charge is -2.45. The molecule has 1 fully saturated rings. The smallest absolute Gasteiger partial charge is 0.0936 e. The molecule has 1 unspecified atom stereocenters. The van der Waals surface area contributed by atoms with Gasteiger partial charge in [0.1, 0.15) is 0 Å². The molecule has 1 rings (SSSR count). The number of hydrogen-bond donors (Lipinski definition) is 1. The Morgan fingerprint density at radius 2 is 1.79 bits per heavy atom. The average molecular weight is 268 g/mol. The van der Waals surface area contributed by atoms with Gasteiger partial charge in [0.15, 0.2) is 0 Å². The Morgan fingerprint density at radius 3 is 2.32 bits per heavy atom. The fourth-order valence-corrected chi connectivity index (χ4v) is 3.09. The Labute approximate surface area is 119 Å². The molecule has 112 valence electrons. The highest BCUT2D eigenvalue weighted by atomic mass is 16.5. The number of aliphatic hydroxyl groups excluding tert-OH is 1. The highest BCUT2D eigenvalue weighted by molar-refractivity contribution is 4.95. The van der Waals surface area contributed by atoms with Crippen molar-refractivity contribution in [2.45, 2.75) is 83.3 Å². The lowest BCUT2D eigenvalue weighted by atomic mass is 9.68. The predicted octanol–water partition coefficient (Wildman–Crippen LogP) is 4.47. The zero-order valence-electron chi connectivity index (χ0n) is 13.1. The molecule has 1 aliphatic rings. The number of aliphatic hydroxyl groups is 1. The fourth-order valence-electron chi connectivity index (χ4n) is 3.09. The van der Waals surface area contributed by atoms with Crippen LogP contribution in [0.3, 0.4) is 0 Å². The van der Waals surface area contributed by atoms with E-state index in [1.165, 1.54) is 12.8 Å². The van der Waals surface area contributed by atoms with Crippen molar-refractivity contribution >= 4 is 0 Å². The van der Waals surface area contributed by atoms with E-state index in [0.29, 0.717) is 5.41 Å². The van der Waals surface area contributed by atoms with Gasteiger partial charge in [-0.2, -0.15) is 0 Å². The maximum atomic E-state index is 10.5. The first-order chi connectivity index (χ1) is 8.96. The normalized spacial score (nSPS) is 22.9. The Hall–Kier alpha value is -0.340. The van der Waals surface area contributed by atoms with Gasteiger partial charge in [-0.15, -0.1) is 6.58 Å². The number of rotatable bonds is 8. The summed E-state index contributed by atoms with van der Waals surface area (Å²) in [6, 6.07) is 0. The summed E-state index contributed by atoms with van der Waals surface area (Å²) in [5.41, 5.74) is 0.125. The largest absolute Gasteiger partial charge is 0.390 e. The third-order valence-electron chi connectivity index (χ3n) is 4.85. The van der Waals surface area contributed by atoms with Gasteiger partial charge in [-0.05, 0) is 50.4 Å². The van der Waals surface area contributed by atoms with Gasteiger partial charge in [0.25, 0.3) is 0 Å². The molecule has 0 aromatic rings. The zero-order valence-corrected chi connectivity index (χ0v) is 13.1. The van der Waals surface area contributed by atoms with E-state index in [1.807, 2.05) is 6.08 Å². The van der Waals surface area contributed by atoms with E-state index in [0.717, 1.165) is 44.9 Å². The summed E-state index contributed by atoms with van der Waals surface area (Å²) >= 11 is 0. The Morgan fingerprint density at radius 1 is 1.16 bits per heavy atom. The maximum Gasteiger partial charge on any atom is 0.0936 e. The Kier molecular flexibility index (Phi) is 6.55. The van der Waals surface area contributed by atoms with Crippen molar-refractivity contribution in [2.75, 3.05) is 7.11 Å². The summed E-state index contributed by atoms with van der Waals surface area (Å²) in [5, 5.41) is 10.5. The summed E-state index contributed by atoms with van der Waals surface area (Å²) in [5.74, 6) is 0. The van der Waals surface area contributed by atoms with Gasteiger partial charge in [0.2, 0.25) is 0 Å². The monoisotopic (exact) mass is 268 g/mol. The van der Waals surface area contributed by atoms with Crippen LogP contribution < -0.4 is 0 Å². The topological polar surface area (TPSA) is 29.5 Å². The standard InChI is InChI=1S/C17H32O2/c1-5-6-7-8-9-10-15(18)17(19-4)13-11-16(2,3)12-14-17/h5,15,18H,1,6-14H2,2-4H3. The minimum Gasteiger partial charge on any atom is -0.390 e. The second-order valence-electron chi connectivity index (χ2n) is 6.88. The van der Waals surface area contributed by atoms with E-state index in [9.17, 15) is 5.11 Å². The second kappa shape index (κ2) is 7.44. The van der Waals surface area contributed by atoms with Crippen LogP contribution in [0.2, 0.25) is 0 Å². The first kappa shape index (κ1) is 16.7. The van der Waals surface area contributed by atoms with E-state index < -0.39 is 0 Å². The highest BCUT2D eigenvalue weighted by Gasteiger charge is 2.43. The number of unbranched alkanes of at least 4 members (excludes halogenated alkanes) is 3. The van der Waals surface area contributed by atoms with Crippen molar-refractivity contribution in [3.8, 4) is 0 Å². The molecule has 0 aromatic carbocycles. The molecule has 0 saturated heterocycles. The van der Waals surface area contributed by atoms with E-state index in [2.05, 4.69) is 20.4 Å². The SMILES string of the molecule is C=CCCCCCC(O)C1(OC)CCC(C)(C)CC1. The molecule has 0 amide bonds. The van der Waals surface area contributed by atoms with E-state index >= 15 is 0 Å². The molecule has 1 atom stereocenters. The first-order valence-corrected chi connectivity index (χ1v) is 7.80. The summed E-state index contributed by atoms with van der Waals surface area (Å²) in [7, 11) is 1.76. The third-order valence-corrected chi connectivity index (χ3v) is 4.85. The van der Waals surface area contributed by atoms with Crippen molar-refractivity contribution in [3.05, 3.63) is 12.7 Å². The van der Waals surface area contributed by atoms with E-state index in [4.69, 9.17) is 4.74 Å². The van der Waals surface area contributed by atoms with Crippen LogP contribution >= 0.6 is 0 Å². The van der Waals surface area contributed by atoms with E-state index in [1.54, 1.807) is 7.11 Å². The van der Waals surface area contributed by atoms with Gasteiger partial charge in [-0.1, -0.05) is 32.8 Å². The van der Waals surface area contributed by atoms with Crippen molar-refractivity contribution in [1.29, 1.82) is 0 Å². The van der Waals surface area contributed by atoms with Crippen molar-refractivity contribution < 1.29 is 9.84 Å². The molecule has 0 spiro atoms. The minimum atomic E-state index is -0.308. The fraction of sp³-hybridized carbons (Fsp3) is 0.882. The molecule has 0 aliphatic heterocycles. The number of allylic oxidation sites excluding steroid dienone is 1. The molecule has 0 aromatic heterocycles. The number of methoxy groups -OCH3 is 1. The van der Waals surface area contributed by atoms with Gasteiger partial charge in [-0.25, -0.2) is 0 Å². The van der Waals surface area contributed by atoms with Crippen LogP contribution in [0.15, 0.2) is 12.7 Å². The van der Waals surface area contributed by atoms with Crippen LogP contribution in [0.5, 0.6) is 0 Å². The molecule has 19 heavy (non-hydrogen) atoms. The summed E-state index contributed by atoms with van der Waals surface area (Å²) in [6.07, 6.45) is 11.3. The summed E-state index contributed by atoms with van der Waals surface area (Å²) in [4.78, 5) is 0.